The van der Waals surface area contributed by atoms with Gasteiger partial charge in [0.15, 0.2) is 0 Å². The van der Waals surface area contributed by atoms with E-state index in [4.69, 9.17) is 4.52 Å². The lowest BCUT2D eigenvalue weighted by Gasteiger charge is -2.31. The fourth-order valence-corrected chi connectivity index (χ4v) is 5.40. The van der Waals surface area contributed by atoms with E-state index in [0.717, 1.165) is 30.4 Å². The van der Waals surface area contributed by atoms with Gasteiger partial charge in [-0.1, -0.05) is 110 Å². The zero-order chi connectivity index (χ0) is 24.0. The van der Waals surface area contributed by atoms with Gasteiger partial charge in [0, 0.05) is 12.6 Å². The van der Waals surface area contributed by atoms with E-state index in [2.05, 4.69) is 27.9 Å². The average Bonchev–Trinajstić information content (AvgIpc) is 2.73. The third-order valence-electron chi connectivity index (χ3n) is 6.60. The highest BCUT2D eigenvalue weighted by Gasteiger charge is 2.16. The molecule has 1 unspecified atom stereocenters. The Bertz CT molecular complexity index is 443. The Balaban J connectivity index is 3.60. The van der Waals surface area contributed by atoms with Crippen LogP contribution in [-0.4, -0.2) is 44.4 Å². The number of unbranched alkanes of at least 4 members (excludes halogenated alkanes) is 16. The lowest BCUT2D eigenvalue weighted by Crippen LogP contribution is -2.41. The Kier molecular flexibility index (Phi) is 21.7. The summed E-state index contributed by atoms with van der Waals surface area (Å²) in [5.41, 5.74) is 0. The minimum atomic E-state index is -3.66. The Morgan fingerprint density at radius 3 is 1.44 bits per heavy atom. The maximum Gasteiger partial charge on any atom is 0.135 e. The first-order chi connectivity index (χ1) is 15.3. The van der Waals surface area contributed by atoms with Crippen LogP contribution in [-0.2, 0) is 9.09 Å². The van der Waals surface area contributed by atoms with Crippen molar-refractivity contribution in [3.63, 3.8) is 0 Å². The van der Waals surface area contributed by atoms with E-state index in [1.807, 2.05) is 0 Å². The molecule has 4 nitrogen and oxygen atoms in total. The molecule has 0 aliphatic rings. The zero-order valence-corrected chi connectivity index (χ0v) is 23.3. The van der Waals surface area contributed by atoms with Gasteiger partial charge in [-0.2, -0.15) is 0 Å². The van der Waals surface area contributed by atoms with Crippen LogP contribution < -0.4 is 4.89 Å². The lowest BCUT2D eigenvalue weighted by molar-refractivity contribution is -0.890. The summed E-state index contributed by atoms with van der Waals surface area (Å²) in [6.07, 6.45) is 24.2. The molecule has 0 saturated heterocycles. The summed E-state index contributed by atoms with van der Waals surface area (Å²) in [5, 5.41) is 0. The van der Waals surface area contributed by atoms with Crippen molar-refractivity contribution in [3.05, 3.63) is 0 Å². The van der Waals surface area contributed by atoms with Gasteiger partial charge in [-0.3, -0.25) is 0 Å². The third-order valence-corrected chi connectivity index (χ3v) is 8.04. The van der Waals surface area contributed by atoms with Crippen molar-refractivity contribution in [1.82, 2.24) is 0 Å². The maximum absolute atomic E-state index is 12.1. The molecule has 0 bridgehead atoms. The van der Waals surface area contributed by atoms with Crippen LogP contribution in [0, 0.1) is 0 Å². The number of rotatable bonds is 25. The second-order valence-corrected chi connectivity index (χ2v) is 12.5. The molecule has 0 fully saturated rings. The molecule has 1 atom stereocenters. The molecule has 0 aliphatic carbocycles. The Morgan fingerprint density at radius 2 is 0.969 bits per heavy atom. The summed E-state index contributed by atoms with van der Waals surface area (Å²) in [6, 6.07) is 0. The van der Waals surface area contributed by atoms with Crippen molar-refractivity contribution >= 4 is 7.60 Å². The van der Waals surface area contributed by atoms with Crippen LogP contribution in [0.5, 0.6) is 0 Å². The SMILES string of the molecule is CCCCCCCCCCCCCC[N+](C)(C)CCCP(=O)([O-])OCCCCCCCC. The molecule has 0 N–H and O–H groups in total. The van der Waals surface area contributed by atoms with Crippen molar-refractivity contribution in [3.8, 4) is 0 Å². The molecule has 5 heteroatoms. The monoisotopic (exact) mass is 475 g/mol. The highest BCUT2D eigenvalue weighted by Crippen LogP contribution is 2.37. The molecule has 32 heavy (non-hydrogen) atoms. The molecule has 0 rings (SSSR count). The minimum Gasteiger partial charge on any atom is -0.778 e. The van der Waals surface area contributed by atoms with E-state index in [9.17, 15) is 9.46 Å². The summed E-state index contributed by atoms with van der Waals surface area (Å²) < 4.78 is 18.3. The van der Waals surface area contributed by atoms with Crippen molar-refractivity contribution in [2.45, 2.75) is 136 Å². The van der Waals surface area contributed by atoms with E-state index in [-0.39, 0.29) is 6.16 Å². The molecule has 0 spiro atoms. The van der Waals surface area contributed by atoms with Crippen molar-refractivity contribution < 1.29 is 18.5 Å². The predicted molar refractivity (Wildman–Crippen MR) is 139 cm³/mol. The van der Waals surface area contributed by atoms with Crippen LogP contribution in [0.2, 0.25) is 0 Å². The van der Waals surface area contributed by atoms with Gasteiger partial charge < -0.3 is 18.5 Å². The summed E-state index contributed by atoms with van der Waals surface area (Å²) in [4.78, 5) is 12.1. The van der Waals surface area contributed by atoms with E-state index in [1.54, 1.807) is 0 Å². The Morgan fingerprint density at radius 1 is 0.594 bits per heavy atom. The van der Waals surface area contributed by atoms with Gasteiger partial charge in [-0.15, -0.1) is 0 Å². The number of hydrogen-bond acceptors (Lipinski definition) is 3. The second-order valence-electron chi connectivity index (χ2n) is 10.6. The van der Waals surface area contributed by atoms with Crippen molar-refractivity contribution in [2.24, 2.45) is 0 Å². The second kappa shape index (κ2) is 21.6. The highest BCUT2D eigenvalue weighted by molar-refractivity contribution is 7.51. The van der Waals surface area contributed by atoms with Crippen LogP contribution in [0.15, 0.2) is 0 Å². The first kappa shape index (κ1) is 32.1. The van der Waals surface area contributed by atoms with Gasteiger partial charge in [-0.05, 0) is 19.3 Å². The molecule has 0 heterocycles. The van der Waals surface area contributed by atoms with Gasteiger partial charge in [-0.25, -0.2) is 0 Å². The number of hydrogen-bond donors (Lipinski definition) is 0. The van der Waals surface area contributed by atoms with E-state index >= 15 is 0 Å². The number of nitrogens with zero attached hydrogens (tertiary/aromatic N) is 1. The standard InChI is InChI=1S/C27H58NO3P/c1-5-7-9-11-13-14-15-16-17-18-19-21-24-28(3,4)25-23-27-32(29,30)31-26-22-20-12-10-8-6-2/h5-27H2,1-4H3. The quantitative estimate of drug-likeness (QED) is 0.0761. The number of quaternary nitrogens is 1. The van der Waals surface area contributed by atoms with E-state index in [0.29, 0.717) is 13.0 Å². The molecular weight excluding hydrogens is 417 g/mol. The van der Waals surface area contributed by atoms with Crippen molar-refractivity contribution in [2.75, 3.05) is 40.0 Å². The topological polar surface area (TPSA) is 49.4 Å². The third kappa shape index (κ3) is 23.3. The Labute approximate surface area is 202 Å². The maximum atomic E-state index is 12.1. The Hall–Kier alpha value is 0.110. The molecule has 0 aliphatic heterocycles. The molecular formula is C27H58NO3P. The van der Waals surface area contributed by atoms with Gasteiger partial charge >= 0.3 is 0 Å². The molecule has 0 radical (unpaired) electrons. The van der Waals surface area contributed by atoms with Gasteiger partial charge in [0.05, 0.1) is 33.8 Å². The fraction of sp³-hybridized carbons (Fsp3) is 1.00. The first-order valence-corrected chi connectivity index (χ1v) is 15.8. The van der Waals surface area contributed by atoms with Gasteiger partial charge in [0.25, 0.3) is 0 Å². The van der Waals surface area contributed by atoms with Crippen LogP contribution in [0.3, 0.4) is 0 Å². The van der Waals surface area contributed by atoms with Crippen LogP contribution >= 0.6 is 7.60 Å². The molecule has 0 amide bonds. The molecule has 0 saturated carbocycles. The molecule has 0 aromatic rings. The van der Waals surface area contributed by atoms with Gasteiger partial charge in [0.1, 0.15) is 7.60 Å². The van der Waals surface area contributed by atoms with Crippen LogP contribution in [0.4, 0.5) is 0 Å². The zero-order valence-electron chi connectivity index (χ0n) is 22.4. The summed E-state index contributed by atoms with van der Waals surface area (Å²) in [5.74, 6) is 0. The first-order valence-electron chi connectivity index (χ1n) is 14.1. The largest absolute Gasteiger partial charge is 0.778 e. The summed E-state index contributed by atoms with van der Waals surface area (Å²) in [7, 11) is 0.797. The normalized spacial score (nSPS) is 14.0. The predicted octanol–water partition coefficient (Wildman–Crippen LogP) is 8.08. The minimum absolute atomic E-state index is 0.183. The lowest BCUT2D eigenvalue weighted by atomic mass is 10.1. The van der Waals surface area contributed by atoms with Crippen LogP contribution in [0.1, 0.15) is 136 Å². The fourth-order valence-electron chi connectivity index (χ4n) is 4.34. The summed E-state index contributed by atoms with van der Waals surface area (Å²) >= 11 is 0. The van der Waals surface area contributed by atoms with Crippen molar-refractivity contribution in [1.29, 1.82) is 0 Å². The van der Waals surface area contributed by atoms with Gasteiger partial charge in [0.2, 0.25) is 0 Å². The highest BCUT2D eigenvalue weighted by atomic mass is 31.2. The summed E-state index contributed by atoms with van der Waals surface area (Å²) in [6.45, 7) is 6.89. The van der Waals surface area contributed by atoms with E-state index in [1.165, 1.54) is 103 Å². The average molecular weight is 476 g/mol. The molecule has 0 aromatic carbocycles. The molecule has 194 valence electrons. The van der Waals surface area contributed by atoms with Crippen LogP contribution in [0.25, 0.3) is 0 Å². The van der Waals surface area contributed by atoms with E-state index < -0.39 is 7.60 Å². The molecule has 0 aromatic heterocycles. The smallest absolute Gasteiger partial charge is 0.135 e.